The van der Waals surface area contributed by atoms with Crippen LogP contribution in [0.15, 0.2) is 30.0 Å². The third kappa shape index (κ3) is 2.59. The van der Waals surface area contributed by atoms with Gasteiger partial charge in [-0.2, -0.15) is 0 Å². The Morgan fingerprint density at radius 3 is 2.38 bits per heavy atom. The van der Waals surface area contributed by atoms with Gasteiger partial charge in [0, 0.05) is 13.0 Å². The third-order valence-electron chi connectivity index (χ3n) is 1.54. The van der Waals surface area contributed by atoms with Crippen molar-refractivity contribution in [3.05, 3.63) is 45.6 Å². The highest BCUT2D eigenvalue weighted by Crippen LogP contribution is 2.13. The van der Waals surface area contributed by atoms with Crippen LogP contribution in [0.3, 0.4) is 0 Å². The van der Waals surface area contributed by atoms with Crippen molar-refractivity contribution in [2.75, 3.05) is 0 Å². The first-order valence-electron chi connectivity index (χ1n) is 3.69. The Labute approximate surface area is 75.3 Å². The van der Waals surface area contributed by atoms with Gasteiger partial charge in [0.2, 0.25) is 5.70 Å². The molecule has 4 heteroatoms. The highest BCUT2D eigenvalue weighted by molar-refractivity contribution is 5.51. The van der Waals surface area contributed by atoms with Crippen LogP contribution in [0.5, 0.6) is 5.75 Å². The molecule has 0 aliphatic heterocycles. The molecule has 0 bridgehead atoms. The largest absolute Gasteiger partial charge is 0.290 e. The molecule has 0 atom stereocenters. The minimum atomic E-state index is -0.467. The number of nitrogens with zero attached hydrogens (tertiary/aromatic N) is 1. The molecule has 1 radical (unpaired) electrons. The molecule has 0 amide bonds. The Kier molecular flexibility index (Phi) is 2.64. The molecule has 67 valence electrons. The van der Waals surface area contributed by atoms with Crippen LogP contribution in [-0.2, 0) is 5.11 Å². The predicted octanol–water partition coefficient (Wildman–Crippen LogP) is 2.47. The molecule has 1 rings (SSSR count). The first kappa shape index (κ1) is 9.25. The van der Waals surface area contributed by atoms with Crippen molar-refractivity contribution < 1.29 is 10.0 Å². The summed E-state index contributed by atoms with van der Waals surface area (Å²) < 4.78 is 0. The van der Waals surface area contributed by atoms with Gasteiger partial charge >= 0.3 is 0 Å². The van der Waals surface area contributed by atoms with Crippen LogP contribution in [0.4, 0.5) is 0 Å². The third-order valence-corrected chi connectivity index (χ3v) is 1.54. The summed E-state index contributed by atoms with van der Waals surface area (Å²) in [5.41, 5.74) is 0.715. The summed E-state index contributed by atoms with van der Waals surface area (Å²) in [7, 11) is 0. The highest BCUT2D eigenvalue weighted by Gasteiger charge is 2.01. The van der Waals surface area contributed by atoms with Crippen LogP contribution in [0.1, 0.15) is 12.5 Å². The fraction of sp³-hybridized carbons (Fsp3) is 0.111. The van der Waals surface area contributed by atoms with Gasteiger partial charge < -0.3 is 0 Å². The monoisotopic (exact) mass is 178 g/mol. The maximum atomic E-state index is 10.7. The van der Waals surface area contributed by atoms with Crippen molar-refractivity contribution in [1.29, 1.82) is 0 Å². The fourth-order valence-electron chi connectivity index (χ4n) is 0.858. The van der Waals surface area contributed by atoms with Crippen LogP contribution in [0.25, 0.3) is 6.08 Å². The van der Waals surface area contributed by atoms with E-state index < -0.39 is 4.92 Å². The maximum Gasteiger partial charge on any atom is 0.243 e. The zero-order valence-electron chi connectivity index (χ0n) is 7.06. The van der Waals surface area contributed by atoms with E-state index in [1.807, 2.05) is 0 Å². The van der Waals surface area contributed by atoms with Gasteiger partial charge in [0.1, 0.15) is 0 Å². The molecule has 13 heavy (non-hydrogen) atoms. The molecule has 0 fully saturated rings. The SMILES string of the molecule is CC(=Cc1ccc([O])cc1)[N+](=O)[O-]. The molecule has 0 aliphatic rings. The molecule has 0 aromatic heterocycles. The van der Waals surface area contributed by atoms with Gasteiger partial charge in [-0.25, -0.2) is 0 Å². The van der Waals surface area contributed by atoms with Crippen LogP contribution >= 0.6 is 0 Å². The molecular formula is C9H8NO3. The van der Waals surface area contributed by atoms with E-state index in [2.05, 4.69) is 0 Å². The number of rotatable bonds is 2. The van der Waals surface area contributed by atoms with E-state index in [9.17, 15) is 15.2 Å². The quantitative estimate of drug-likeness (QED) is 0.515. The average Bonchev–Trinajstić information content (AvgIpc) is 2.08. The van der Waals surface area contributed by atoms with Gasteiger partial charge in [-0.15, -0.1) is 0 Å². The Bertz CT molecular complexity index is 340. The summed E-state index contributed by atoms with van der Waals surface area (Å²) >= 11 is 0. The van der Waals surface area contributed by atoms with Crippen molar-refractivity contribution in [2.24, 2.45) is 0 Å². The molecule has 0 saturated carbocycles. The minimum absolute atomic E-state index is 0.0543. The lowest BCUT2D eigenvalue weighted by molar-refractivity contribution is -0.422. The van der Waals surface area contributed by atoms with E-state index in [4.69, 9.17) is 0 Å². The first-order chi connectivity index (χ1) is 6.09. The topological polar surface area (TPSA) is 63.0 Å². The normalized spacial score (nSPS) is 11.3. The van der Waals surface area contributed by atoms with Gasteiger partial charge in [-0.05, 0) is 17.7 Å². The van der Waals surface area contributed by atoms with Gasteiger partial charge in [-0.1, -0.05) is 12.1 Å². The van der Waals surface area contributed by atoms with E-state index in [-0.39, 0.29) is 11.4 Å². The molecule has 0 N–H and O–H groups in total. The lowest BCUT2D eigenvalue weighted by Crippen LogP contribution is -1.92. The summed E-state index contributed by atoms with van der Waals surface area (Å²) in [4.78, 5) is 9.78. The van der Waals surface area contributed by atoms with Crippen LogP contribution in [0.2, 0.25) is 0 Å². The molecule has 0 spiro atoms. The standard InChI is InChI=1S/C9H8NO3/c1-7(10(12)13)6-8-2-4-9(11)5-3-8/h2-6H,1H3. The van der Waals surface area contributed by atoms with Gasteiger partial charge in [-0.3, -0.25) is 15.2 Å². The second kappa shape index (κ2) is 3.71. The smallest absolute Gasteiger partial charge is 0.243 e. The molecule has 0 heterocycles. The number of allylic oxidation sites excluding steroid dienone is 1. The van der Waals surface area contributed by atoms with Crippen molar-refractivity contribution >= 4 is 6.08 Å². The first-order valence-corrected chi connectivity index (χ1v) is 3.69. The summed E-state index contributed by atoms with van der Waals surface area (Å²) in [6, 6.07) is 5.85. The summed E-state index contributed by atoms with van der Waals surface area (Å²) in [6.45, 7) is 1.41. The molecule has 0 unspecified atom stereocenters. The molecule has 0 aliphatic carbocycles. The average molecular weight is 178 g/mol. The molecule has 1 aromatic rings. The summed E-state index contributed by atoms with van der Waals surface area (Å²) in [5.74, 6) is -0.101. The van der Waals surface area contributed by atoms with E-state index in [1.165, 1.54) is 25.1 Å². The van der Waals surface area contributed by atoms with Gasteiger partial charge in [0.05, 0.1) is 4.92 Å². The minimum Gasteiger partial charge on any atom is -0.290 e. The fourth-order valence-corrected chi connectivity index (χ4v) is 0.858. The van der Waals surface area contributed by atoms with Gasteiger partial charge in [0.25, 0.3) is 0 Å². The Morgan fingerprint density at radius 1 is 1.38 bits per heavy atom. The lowest BCUT2D eigenvalue weighted by atomic mass is 10.2. The van der Waals surface area contributed by atoms with Crippen LogP contribution in [0, 0.1) is 10.1 Å². The van der Waals surface area contributed by atoms with E-state index >= 15 is 0 Å². The van der Waals surface area contributed by atoms with Crippen molar-refractivity contribution in [1.82, 2.24) is 0 Å². The van der Waals surface area contributed by atoms with Crippen molar-refractivity contribution in [3.63, 3.8) is 0 Å². The number of benzene rings is 1. The Balaban J connectivity index is 2.92. The maximum absolute atomic E-state index is 10.7. The zero-order valence-corrected chi connectivity index (χ0v) is 7.06. The zero-order chi connectivity index (χ0) is 9.84. The molecular weight excluding hydrogens is 170 g/mol. The van der Waals surface area contributed by atoms with E-state index in [1.54, 1.807) is 12.1 Å². The number of nitro groups is 1. The summed E-state index contributed by atoms with van der Waals surface area (Å²) in [6.07, 6.45) is 1.42. The Hall–Kier alpha value is -1.84. The van der Waals surface area contributed by atoms with Crippen LogP contribution in [-0.4, -0.2) is 4.92 Å². The second-order valence-corrected chi connectivity index (χ2v) is 2.61. The molecule has 4 nitrogen and oxygen atoms in total. The number of hydrogen-bond acceptors (Lipinski definition) is 2. The number of hydrogen-bond donors (Lipinski definition) is 0. The Morgan fingerprint density at radius 2 is 1.92 bits per heavy atom. The van der Waals surface area contributed by atoms with Gasteiger partial charge in [0.15, 0.2) is 5.75 Å². The van der Waals surface area contributed by atoms with E-state index in [0.29, 0.717) is 5.56 Å². The summed E-state index contributed by atoms with van der Waals surface area (Å²) in [5, 5.41) is 20.9. The lowest BCUT2D eigenvalue weighted by Gasteiger charge is -1.92. The predicted molar refractivity (Wildman–Crippen MR) is 47.2 cm³/mol. The molecule has 0 saturated heterocycles. The van der Waals surface area contributed by atoms with E-state index in [0.717, 1.165) is 0 Å². The van der Waals surface area contributed by atoms with Crippen LogP contribution < -0.4 is 0 Å². The molecule has 1 aromatic carbocycles. The second-order valence-electron chi connectivity index (χ2n) is 2.61. The highest BCUT2D eigenvalue weighted by atomic mass is 16.6. The van der Waals surface area contributed by atoms with Crippen molar-refractivity contribution in [3.8, 4) is 5.75 Å². The van der Waals surface area contributed by atoms with Crippen molar-refractivity contribution in [2.45, 2.75) is 6.92 Å².